The second-order valence-corrected chi connectivity index (χ2v) is 5.84. The average molecular weight is 311 g/mol. The summed E-state index contributed by atoms with van der Waals surface area (Å²) in [5, 5.41) is 8.13. The van der Waals surface area contributed by atoms with Crippen molar-refractivity contribution in [2.75, 3.05) is 19.6 Å². The normalized spacial score (nSPS) is 18.7. The number of H-pyrrole nitrogens is 1. The molecule has 1 aliphatic heterocycles. The number of fused-ring (bicyclic) bond motifs is 3. The van der Waals surface area contributed by atoms with E-state index < -0.39 is 0 Å². The van der Waals surface area contributed by atoms with Gasteiger partial charge in [0.25, 0.3) is 11.5 Å². The van der Waals surface area contributed by atoms with E-state index >= 15 is 0 Å². The molecule has 2 N–H and O–H groups in total. The first-order valence-corrected chi connectivity index (χ1v) is 7.67. The van der Waals surface area contributed by atoms with E-state index in [0.29, 0.717) is 28.7 Å². The molecule has 0 spiro atoms. The van der Waals surface area contributed by atoms with Crippen LogP contribution in [0.15, 0.2) is 35.3 Å². The van der Waals surface area contributed by atoms with Crippen molar-refractivity contribution in [1.82, 2.24) is 24.8 Å². The van der Waals surface area contributed by atoms with Gasteiger partial charge in [0.2, 0.25) is 0 Å². The van der Waals surface area contributed by atoms with Crippen molar-refractivity contribution in [1.29, 1.82) is 0 Å². The Morgan fingerprint density at radius 3 is 3.00 bits per heavy atom. The first kappa shape index (κ1) is 14.0. The summed E-state index contributed by atoms with van der Waals surface area (Å²) in [6.07, 6.45) is 1.54. The third-order valence-corrected chi connectivity index (χ3v) is 4.37. The molecule has 0 saturated carbocycles. The van der Waals surface area contributed by atoms with Crippen LogP contribution in [-0.4, -0.2) is 51.1 Å². The maximum atomic E-state index is 12.9. The number of carbonyl (C=O) groups excluding carboxylic acids is 1. The summed E-state index contributed by atoms with van der Waals surface area (Å²) in [5.41, 5.74) is 1.36. The van der Waals surface area contributed by atoms with Crippen LogP contribution in [0.2, 0.25) is 0 Å². The highest BCUT2D eigenvalue weighted by Gasteiger charge is 2.27. The summed E-state index contributed by atoms with van der Waals surface area (Å²) in [6.45, 7) is 4.20. The van der Waals surface area contributed by atoms with Crippen LogP contribution in [0.25, 0.3) is 16.6 Å². The van der Waals surface area contributed by atoms with Gasteiger partial charge in [0.1, 0.15) is 11.2 Å². The average Bonchev–Trinajstić information content (AvgIpc) is 2.99. The molecule has 3 heterocycles. The molecule has 1 amide bonds. The summed E-state index contributed by atoms with van der Waals surface area (Å²) < 4.78 is 1.62. The van der Waals surface area contributed by atoms with Gasteiger partial charge < -0.3 is 15.2 Å². The Labute approximate surface area is 131 Å². The van der Waals surface area contributed by atoms with Gasteiger partial charge in [0, 0.05) is 25.7 Å². The number of benzene rings is 1. The van der Waals surface area contributed by atoms with Gasteiger partial charge in [0.05, 0.1) is 17.1 Å². The molecule has 118 valence electrons. The maximum Gasteiger partial charge on any atom is 0.259 e. The van der Waals surface area contributed by atoms with Crippen molar-refractivity contribution in [3.63, 3.8) is 0 Å². The van der Waals surface area contributed by atoms with Gasteiger partial charge in [-0.15, -0.1) is 0 Å². The Balaban J connectivity index is 1.88. The third kappa shape index (κ3) is 2.12. The molecule has 1 saturated heterocycles. The van der Waals surface area contributed by atoms with Crippen molar-refractivity contribution < 1.29 is 4.79 Å². The fourth-order valence-corrected chi connectivity index (χ4v) is 3.13. The lowest BCUT2D eigenvalue weighted by Gasteiger charge is -2.33. The van der Waals surface area contributed by atoms with Crippen molar-refractivity contribution in [2.24, 2.45) is 0 Å². The van der Waals surface area contributed by atoms with Crippen molar-refractivity contribution in [3.05, 3.63) is 46.4 Å². The lowest BCUT2D eigenvalue weighted by Crippen LogP contribution is -2.52. The minimum absolute atomic E-state index is 0.0973. The van der Waals surface area contributed by atoms with Crippen LogP contribution in [0.3, 0.4) is 0 Å². The van der Waals surface area contributed by atoms with Crippen LogP contribution in [0.4, 0.5) is 0 Å². The molecule has 0 unspecified atom stereocenters. The Hall–Kier alpha value is -2.67. The van der Waals surface area contributed by atoms with Gasteiger partial charge in [-0.25, -0.2) is 4.52 Å². The Morgan fingerprint density at radius 1 is 1.35 bits per heavy atom. The monoisotopic (exact) mass is 311 g/mol. The molecule has 0 aliphatic carbocycles. The molecule has 4 rings (SSSR count). The second-order valence-electron chi connectivity index (χ2n) is 5.84. The summed E-state index contributed by atoms with van der Waals surface area (Å²) in [7, 11) is 0. The van der Waals surface area contributed by atoms with Crippen LogP contribution in [0, 0.1) is 0 Å². The standard InChI is InChI=1S/C16H17N5O2/c1-10-8-17-6-7-20(10)16(23)12-9-18-21-13-5-3-2-4-11(13)15(22)19-14(12)21/h2-5,9-10,17H,6-8H2,1H3,(H,19,22)/t10-/m0/s1. The zero-order valence-corrected chi connectivity index (χ0v) is 12.7. The number of nitrogens with one attached hydrogen (secondary N) is 2. The molecule has 3 aromatic rings. The second kappa shape index (κ2) is 5.20. The molecule has 7 nitrogen and oxygen atoms in total. The van der Waals surface area contributed by atoms with Crippen molar-refractivity contribution >= 4 is 22.5 Å². The smallest absolute Gasteiger partial charge is 0.259 e. The number of carbonyl (C=O) groups is 1. The van der Waals surface area contributed by atoms with Crippen molar-refractivity contribution in [3.8, 4) is 0 Å². The third-order valence-electron chi connectivity index (χ3n) is 4.37. The van der Waals surface area contributed by atoms with Gasteiger partial charge in [-0.3, -0.25) is 9.59 Å². The lowest BCUT2D eigenvalue weighted by atomic mass is 10.1. The molecular weight excluding hydrogens is 294 g/mol. The van der Waals surface area contributed by atoms with E-state index in [-0.39, 0.29) is 17.5 Å². The van der Waals surface area contributed by atoms with Crippen LogP contribution < -0.4 is 10.9 Å². The highest BCUT2D eigenvalue weighted by Crippen LogP contribution is 2.17. The van der Waals surface area contributed by atoms with E-state index in [1.54, 1.807) is 16.6 Å². The van der Waals surface area contributed by atoms with Gasteiger partial charge >= 0.3 is 0 Å². The van der Waals surface area contributed by atoms with Crippen LogP contribution >= 0.6 is 0 Å². The predicted molar refractivity (Wildman–Crippen MR) is 86.7 cm³/mol. The predicted octanol–water partition coefficient (Wildman–Crippen LogP) is 0.610. The summed E-state index contributed by atoms with van der Waals surface area (Å²) >= 11 is 0. The minimum Gasteiger partial charge on any atom is -0.333 e. The van der Waals surface area contributed by atoms with E-state index in [1.165, 1.54) is 6.20 Å². The summed E-state index contributed by atoms with van der Waals surface area (Å²) in [4.78, 5) is 29.7. The SMILES string of the molecule is C[C@H]1CNCCN1C(=O)c1cnn2c1[nH]c(=O)c1ccccc12. The topological polar surface area (TPSA) is 82.5 Å². The van der Waals surface area contributed by atoms with E-state index in [9.17, 15) is 9.59 Å². The fourth-order valence-electron chi connectivity index (χ4n) is 3.13. The number of piperazine rings is 1. The molecule has 7 heteroatoms. The highest BCUT2D eigenvalue weighted by molar-refractivity contribution is 6.00. The Kier molecular flexibility index (Phi) is 3.16. The Morgan fingerprint density at radius 2 is 2.17 bits per heavy atom. The number of hydrogen-bond acceptors (Lipinski definition) is 4. The lowest BCUT2D eigenvalue weighted by molar-refractivity contribution is 0.0657. The highest BCUT2D eigenvalue weighted by atomic mass is 16.2. The van der Waals surface area contributed by atoms with Crippen molar-refractivity contribution in [2.45, 2.75) is 13.0 Å². The number of para-hydroxylation sites is 1. The molecule has 1 aliphatic rings. The molecule has 1 atom stereocenters. The van der Waals surface area contributed by atoms with E-state index in [2.05, 4.69) is 15.4 Å². The summed E-state index contributed by atoms with van der Waals surface area (Å²) in [5.74, 6) is -0.0973. The van der Waals surface area contributed by atoms with E-state index in [0.717, 1.165) is 13.1 Å². The van der Waals surface area contributed by atoms with Gasteiger partial charge in [0.15, 0.2) is 0 Å². The number of nitrogens with zero attached hydrogens (tertiary/aromatic N) is 3. The molecule has 2 aromatic heterocycles. The van der Waals surface area contributed by atoms with Crippen LogP contribution in [0.1, 0.15) is 17.3 Å². The zero-order chi connectivity index (χ0) is 16.0. The van der Waals surface area contributed by atoms with E-state index in [4.69, 9.17) is 0 Å². The number of aromatic nitrogens is 3. The van der Waals surface area contributed by atoms with Crippen LogP contribution in [0.5, 0.6) is 0 Å². The van der Waals surface area contributed by atoms with Gasteiger partial charge in [-0.2, -0.15) is 5.10 Å². The first-order chi connectivity index (χ1) is 11.2. The first-order valence-electron chi connectivity index (χ1n) is 7.67. The summed E-state index contributed by atoms with van der Waals surface area (Å²) in [6, 6.07) is 7.34. The molecule has 0 radical (unpaired) electrons. The number of aromatic amines is 1. The quantitative estimate of drug-likeness (QED) is 0.690. The van der Waals surface area contributed by atoms with E-state index in [1.807, 2.05) is 24.0 Å². The largest absolute Gasteiger partial charge is 0.333 e. The minimum atomic E-state index is -0.212. The molecule has 23 heavy (non-hydrogen) atoms. The molecule has 1 fully saturated rings. The zero-order valence-electron chi connectivity index (χ0n) is 12.7. The van der Waals surface area contributed by atoms with Gasteiger partial charge in [-0.05, 0) is 19.1 Å². The number of hydrogen-bond donors (Lipinski definition) is 2. The maximum absolute atomic E-state index is 12.9. The fraction of sp³-hybridized carbons (Fsp3) is 0.312. The Bertz CT molecular complexity index is 958. The molecule has 1 aromatic carbocycles. The molecular formula is C16H17N5O2. The number of rotatable bonds is 1. The van der Waals surface area contributed by atoms with Gasteiger partial charge in [-0.1, -0.05) is 12.1 Å². The van der Waals surface area contributed by atoms with Crippen LogP contribution in [-0.2, 0) is 0 Å². The molecule has 0 bridgehead atoms. The number of amides is 1.